The Morgan fingerprint density at radius 2 is 1.81 bits per heavy atom. The van der Waals surface area contributed by atoms with Crippen molar-refractivity contribution < 1.29 is 28.6 Å². The van der Waals surface area contributed by atoms with E-state index in [2.05, 4.69) is 10.3 Å². The SMILES string of the molecule is CC(=O)C(CCn1nnc2ccccc2c1=O)(CC(=O)c1coc2cc(O)ccc12)C(=O)OC(C)(C)C. The van der Waals surface area contributed by atoms with Gasteiger partial charge in [-0.1, -0.05) is 17.3 Å². The zero-order valence-corrected chi connectivity index (χ0v) is 21.0. The molecular formula is C27H27N3O7. The average Bonchev–Trinajstić information content (AvgIpc) is 3.24. The van der Waals surface area contributed by atoms with E-state index >= 15 is 0 Å². The number of nitrogens with zero attached hydrogens (tertiary/aromatic N) is 3. The van der Waals surface area contributed by atoms with Crippen molar-refractivity contribution in [3.8, 4) is 5.75 Å². The van der Waals surface area contributed by atoms with Crippen LogP contribution in [-0.2, 0) is 20.9 Å². The molecule has 4 aromatic rings. The topological polar surface area (TPSA) is 142 Å². The van der Waals surface area contributed by atoms with Gasteiger partial charge in [0, 0.05) is 24.4 Å². The summed E-state index contributed by atoms with van der Waals surface area (Å²) in [5.41, 5.74) is -2.39. The normalized spacial score (nSPS) is 13.4. The van der Waals surface area contributed by atoms with E-state index < -0.39 is 40.5 Å². The zero-order valence-electron chi connectivity index (χ0n) is 21.0. The van der Waals surface area contributed by atoms with Crippen molar-refractivity contribution in [3.05, 3.63) is 64.6 Å². The van der Waals surface area contributed by atoms with E-state index in [-0.39, 0.29) is 29.9 Å². The molecule has 10 nitrogen and oxygen atoms in total. The number of Topliss-reactive ketones (excluding diaryl/α,β-unsaturated/α-hetero) is 2. The summed E-state index contributed by atoms with van der Waals surface area (Å²) in [6.07, 6.45) is 0.501. The molecule has 0 spiro atoms. The van der Waals surface area contributed by atoms with E-state index in [9.17, 15) is 24.3 Å². The number of hydrogen-bond donors (Lipinski definition) is 1. The van der Waals surface area contributed by atoms with Gasteiger partial charge < -0.3 is 14.3 Å². The molecule has 1 N–H and O–H groups in total. The van der Waals surface area contributed by atoms with E-state index in [1.165, 1.54) is 31.4 Å². The summed E-state index contributed by atoms with van der Waals surface area (Å²) >= 11 is 0. The van der Waals surface area contributed by atoms with Crippen LogP contribution in [0, 0.1) is 5.41 Å². The van der Waals surface area contributed by atoms with Crippen LogP contribution < -0.4 is 5.56 Å². The van der Waals surface area contributed by atoms with E-state index in [1.807, 2.05) is 0 Å². The number of aromatic nitrogens is 3. The summed E-state index contributed by atoms with van der Waals surface area (Å²) in [4.78, 5) is 53.0. The molecule has 0 aliphatic rings. The highest BCUT2D eigenvalue weighted by molar-refractivity contribution is 6.13. The molecule has 1 unspecified atom stereocenters. The van der Waals surface area contributed by atoms with Crippen molar-refractivity contribution in [1.29, 1.82) is 0 Å². The number of esters is 1. The Labute approximate surface area is 211 Å². The van der Waals surface area contributed by atoms with Gasteiger partial charge >= 0.3 is 5.97 Å². The number of carbonyl (C=O) groups is 3. The Hall–Kier alpha value is -4.34. The number of furan rings is 1. The van der Waals surface area contributed by atoms with Crippen LogP contribution in [0.5, 0.6) is 5.75 Å². The highest BCUT2D eigenvalue weighted by Gasteiger charge is 2.48. The third kappa shape index (κ3) is 5.13. The Morgan fingerprint density at radius 3 is 2.51 bits per heavy atom. The second-order valence-electron chi connectivity index (χ2n) is 9.95. The number of aromatic hydroxyl groups is 1. The predicted octanol–water partition coefficient (Wildman–Crippen LogP) is 3.82. The monoisotopic (exact) mass is 505 g/mol. The highest BCUT2D eigenvalue weighted by atomic mass is 16.6. The van der Waals surface area contributed by atoms with Crippen molar-refractivity contribution in [2.24, 2.45) is 5.41 Å². The highest BCUT2D eigenvalue weighted by Crippen LogP contribution is 2.36. The van der Waals surface area contributed by atoms with Crippen molar-refractivity contribution in [3.63, 3.8) is 0 Å². The number of hydrogen-bond acceptors (Lipinski definition) is 9. The summed E-state index contributed by atoms with van der Waals surface area (Å²) in [5, 5.41) is 18.5. The molecule has 0 amide bonds. The lowest BCUT2D eigenvalue weighted by atomic mass is 9.75. The molecule has 0 saturated carbocycles. The van der Waals surface area contributed by atoms with E-state index in [1.54, 1.807) is 45.0 Å². The number of ether oxygens (including phenoxy) is 1. The van der Waals surface area contributed by atoms with Crippen molar-refractivity contribution in [2.45, 2.75) is 52.7 Å². The first kappa shape index (κ1) is 25.7. The standard InChI is InChI=1S/C27H27N3O7/c1-16(31)27(25(35)37-26(2,3)4,11-12-30-24(34)19-7-5-6-8-21(19)28-29-30)14-22(33)20-15-36-23-13-17(32)9-10-18(20)23/h5-10,13,15,32H,11-12,14H2,1-4H3. The Bertz CT molecular complexity index is 1580. The molecular weight excluding hydrogens is 478 g/mol. The summed E-state index contributed by atoms with van der Waals surface area (Å²) in [7, 11) is 0. The third-order valence-electron chi connectivity index (χ3n) is 6.17. The van der Waals surface area contributed by atoms with Crippen molar-refractivity contribution in [2.75, 3.05) is 0 Å². The number of benzene rings is 2. The molecule has 0 aliphatic heterocycles. The molecule has 192 valence electrons. The number of aryl methyl sites for hydroxylation is 1. The van der Waals surface area contributed by atoms with E-state index in [0.717, 1.165) is 4.68 Å². The summed E-state index contributed by atoms with van der Waals surface area (Å²) < 4.78 is 12.1. The van der Waals surface area contributed by atoms with Crippen LogP contribution in [-0.4, -0.2) is 43.2 Å². The minimum absolute atomic E-state index is 0.0328. The molecule has 2 aromatic carbocycles. The zero-order chi connectivity index (χ0) is 27.0. The molecule has 4 rings (SSSR count). The second kappa shape index (κ2) is 9.61. The summed E-state index contributed by atoms with van der Waals surface area (Å²) in [6.45, 7) is 6.05. The predicted molar refractivity (Wildman–Crippen MR) is 134 cm³/mol. The molecule has 1 atom stereocenters. The maximum atomic E-state index is 13.5. The molecule has 0 aliphatic carbocycles. The van der Waals surface area contributed by atoms with Crippen LogP contribution in [0.15, 0.2) is 57.9 Å². The Morgan fingerprint density at radius 1 is 1.08 bits per heavy atom. The maximum Gasteiger partial charge on any atom is 0.320 e. The fourth-order valence-corrected chi connectivity index (χ4v) is 4.15. The summed E-state index contributed by atoms with van der Waals surface area (Å²) in [6, 6.07) is 11.0. The van der Waals surface area contributed by atoms with Gasteiger partial charge in [-0.3, -0.25) is 19.2 Å². The smallest absolute Gasteiger partial charge is 0.320 e. The van der Waals surface area contributed by atoms with Gasteiger partial charge in [-0.25, -0.2) is 4.68 Å². The number of phenols is 1. The largest absolute Gasteiger partial charge is 0.508 e. The fourth-order valence-electron chi connectivity index (χ4n) is 4.15. The molecule has 37 heavy (non-hydrogen) atoms. The molecule has 0 bridgehead atoms. The second-order valence-corrected chi connectivity index (χ2v) is 9.95. The first-order valence-corrected chi connectivity index (χ1v) is 11.7. The van der Waals surface area contributed by atoms with Crippen LogP contribution in [0.2, 0.25) is 0 Å². The summed E-state index contributed by atoms with van der Waals surface area (Å²) in [5.74, 6) is -2.01. The number of rotatable bonds is 8. The Balaban J connectivity index is 1.73. The van der Waals surface area contributed by atoms with Gasteiger partial charge in [0.25, 0.3) is 5.56 Å². The van der Waals surface area contributed by atoms with Gasteiger partial charge in [0.1, 0.15) is 39.9 Å². The van der Waals surface area contributed by atoms with E-state index in [4.69, 9.17) is 9.15 Å². The molecule has 0 radical (unpaired) electrons. The van der Waals surface area contributed by atoms with Crippen LogP contribution in [0.4, 0.5) is 0 Å². The molecule has 0 saturated heterocycles. The lowest BCUT2D eigenvalue weighted by Crippen LogP contribution is -2.45. The number of ketones is 2. The average molecular weight is 506 g/mol. The fraction of sp³-hybridized carbons (Fsp3) is 0.333. The first-order valence-electron chi connectivity index (χ1n) is 11.7. The lowest BCUT2D eigenvalue weighted by Gasteiger charge is -2.32. The van der Waals surface area contributed by atoms with Gasteiger partial charge in [0.05, 0.1) is 10.9 Å². The third-order valence-corrected chi connectivity index (χ3v) is 6.17. The minimum Gasteiger partial charge on any atom is -0.508 e. The van der Waals surface area contributed by atoms with Gasteiger partial charge in [-0.05, 0) is 58.4 Å². The first-order chi connectivity index (χ1) is 17.4. The lowest BCUT2D eigenvalue weighted by molar-refractivity contribution is -0.170. The molecule has 10 heteroatoms. The number of phenolic OH excluding ortho intramolecular Hbond substituents is 1. The van der Waals surface area contributed by atoms with E-state index in [0.29, 0.717) is 16.3 Å². The van der Waals surface area contributed by atoms with Crippen LogP contribution in [0.3, 0.4) is 0 Å². The molecule has 2 aromatic heterocycles. The van der Waals surface area contributed by atoms with Gasteiger partial charge in [-0.2, -0.15) is 0 Å². The van der Waals surface area contributed by atoms with Gasteiger partial charge in [0.15, 0.2) is 5.78 Å². The van der Waals surface area contributed by atoms with Crippen LogP contribution >= 0.6 is 0 Å². The minimum atomic E-state index is -1.89. The maximum absolute atomic E-state index is 13.5. The molecule has 2 heterocycles. The number of fused-ring (bicyclic) bond motifs is 2. The van der Waals surface area contributed by atoms with Gasteiger partial charge in [0.2, 0.25) is 0 Å². The van der Waals surface area contributed by atoms with Gasteiger partial charge in [-0.15, -0.1) is 5.10 Å². The quantitative estimate of drug-likeness (QED) is 0.215. The molecule has 0 fully saturated rings. The van der Waals surface area contributed by atoms with Crippen LogP contribution in [0.1, 0.15) is 50.9 Å². The van der Waals surface area contributed by atoms with Crippen LogP contribution in [0.25, 0.3) is 21.9 Å². The van der Waals surface area contributed by atoms with Crippen molar-refractivity contribution >= 4 is 39.4 Å². The number of carbonyl (C=O) groups excluding carboxylic acids is 3. The van der Waals surface area contributed by atoms with Crippen molar-refractivity contribution in [1.82, 2.24) is 15.0 Å². The Kier molecular flexibility index (Phi) is 6.68.